The molecule has 0 bridgehead atoms. The molecular weight excluding hydrogens is 328 g/mol. The van der Waals surface area contributed by atoms with Gasteiger partial charge < -0.3 is 15.1 Å². The lowest BCUT2D eigenvalue weighted by Gasteiger charge is -2.38. The molecule has 2 saturated heterocycles. The summed E-state index contributed by atoms with van der Waals surface area (Å²) in [6.07, 6.45) is 4.43. The van der Waals surface area contributed by atoms with E-state index in [0.29, 0.717) is 0 Å². The van der Waals surface area contributed by atoms with Gasteiger partial charge in [0.25, 0.3) is 0 Å². The number of carbonyl (C=O) groups excluding carboxylic acids is 1. The van der Waals surface area contributed by atoms with Crippen LogP contribution in [-0.2, 0) is 0 Å². The molecule has 2 aliphatic heterocycles. The van der Waals surface area contributed by atoms with Crippen LogP contribution in [0.15, 0.2) is 24.4 Å². The Morgan fingerprint density at radius 3 is 2.92 bits per heavy atom. The zero-order valence-electron chi connectivity index (χ0n) is 15.4. The summed E-state index contributed by atoms with van der Waals surface area (Å²) in [6, 6.07) is 5.80. The Hall–Kier alpha value is -2.12. The number of piperidine rings is 1. The summed E-state index contributed by atoms with van der Waals surface area (Å²) in [6.45, 7) is 7.11. The molecule has 140 valence electrons. The van der Waals surface area contributed by atoms with E-state index in [1.165, 1.54) is 25.9 Å². The maximum Gasteiger partial charge on any atom is 0.321 e. The first-order valence-corrected chi connectivity index (χ1v) is 9.57. The second kappa shape index (κ2) is 7.63. The second-order valence-corrected chi connectivity index (χ2v) is 7.66. The number of aromatic amines is 1. The maximum atomic E-state index is 12.5. The molecular formula is C19H28N6O. The highest BCUT2D eigenvalue weighted by Gasteiger charge is 2.25. The molecule has 2 fully saturated rings. The molecule has 1 aromatic carbocycles. The number of urea groups is 1. The van der Waals surface area contributed by atoms with Gasteiger partial charge >= 0.3 is 6.03 Å². The third-order valence-electron chi connectivity index (χ3n) is 5.59. The minimum Gasteiger partial charge on any atom is -0.322 e. The number of nitrogens with one attached hydrogen (secondary N) is 2. The van der Waals surface area contributed by atoms with Crippen molar-refractivity contribution in [2.45, 2.75) is 12.8 Å². The number of benzene rings is 1. The molecule has 3 heterocycles. The standard InChI is InChI=1S/C19H28N6O/c1-23-6-2-3-15(13-23)14-24-7-9-25(10-8-24)19(26)21-17-5-4-16-12-20-22-18(16)11-17/h4-5,11-12,15H,2-3,6-10,13-14H2,1H3,(H,20,22)(H,21,26)/t15-/m0/s1. The van der Waals surface area contributed by atoms with Crippen molar-refractivity contribution < 1.29 is 4.79 Å². The van der Waals surface area contributed by atoms with E-state index >= 15 is 0 Å². The number of anilines is 1. The average molecular weight is 356 g/mol. The molecule has 2 amide bonds. The van der Waals surface area contributed by atoms with Crippen LogP contribution < -0.4 is 5.32 Å². The van der Waals surface area contributed by atoms with Crippen molar-refractivity contribution in [2.75, 3.05) is 58.2 Å². The molecule has 2 aromatic rings. The Morgan fingerprint density at radius 1 is 1.27 bits per heavy atom. The normalized spacial score (nSPS) is 22.7. The maximum absolute atomic E-state index is 12.5. The molecule has 7 heteroatoms. The van der Waals surface area contributed by atoms with Gasteiger partial charge in [-0.15, -0.1) is 0 Å². The van der Waals surface area contributed by atoms with Crippen LogP contribution in [0.3, 0.4) is 0 Å². The molecule has 26 heavy (non-hydrogen) atoms. The number of nitrogens with zero attached hydrogens (tertiary/aromatic N) is 4. The van der Waals surface area contributed by atoms with E-state index in [-0.39, 0.29) is 6.03 Å². The van der Waals surface area contributed by atoms with Gasteiger partial charge in [0.1, 0.15) is 0 Å². The van der Waals surface area contributed by atoms with Crippen molar-refractivity contribution in [3.8, 4) is 0 Å². The molecule has 0 unspecified atom stereocenters. The first-order valence-electron chi connectivity index (χ1n) is 9.57. The van der Waals surface area contributed by atoms with Gasteiger partial charge in [-0.3, -0.25) is 10.00 Å². The Balaban J connectivity index is 1.26. The lowest BCUT2D eigenvalue weighted by molar-refractivity contribution is 0.109. The van der Waals surface area contributed by atoms with Gasteiger partial charge in [-0.25, -0.2) is 4.79 Å². The van der Waals surface area contributed by atoms with Crippen LogP contribution in [0.5, 0.6) is 0 Å². The van der Waals surface area contributed by atoms with E-state index in [2.05, 4.69) is 32.4 Å². The van der Waals surface area contributed by atoms with Gasteiger partial charge in [0.05, 0.1) is 11.7 Å². The minimum atomic E-state index is -0.0130. The first-order chi connectivity index (χ1) is 12.7. The van der Waals surface area contributed by atoms with Crippen LogP contribution >= 0.6 is 0 Å². The van der Waals surface area contributed by atoms with E-state index in [9.17, 15) is 4.79 Å². The number of rotatable bonds is 3. The topological polar surface area (TPSA) is 67.5 Å². The fourth-order valence-corrected chi connectivity index (χ4v) is 4.14. The van der Waals surface area contributed by atoms with E-state index in [1.807, 2.05) is 23.1 Å². The summed E-state index contributed by atoms with van der Waals surface area (Å²) in [7, 11) is 2.22. The largest absolute Gasteiger partial charge is 0.322 e. The molecule has 2 aliphatic rings. The van der Waals surface area contributed by atoms with Gasteiger partial charge in [-0.1, -0.05) is 0 Å². The SMILES string of the molecule is CN1CCC[C@H](CN2CCN(C(=O)Nc3ccc4cn[nH]c4c3)CC2)C1. The molecule has 0 radical (unpaired) electrons. The zero-order valence-corrected chi connectivity index (χ0v) is 15.4. The quantitative estimate of drug-likeness (QED) is 0.883. The van der Waals surface area contributed by atoms with Gasteiger partial charge in [-0.2, -0.15) is 5.10 Å². The molecule has 2 N–H and O–H groups in total. The van der Waals surface area contributed by atoms with Gasteiger partial charge in [0, 0.05) is 50.3 Å². The number of hydrogen-bond acceptors (Lipinski definition) is 4. The number of likely N-dealkylation sites (tertiary alicyclic amines) is 1. The number of H-pyrrole nitrogens is 1. The van der Waals surface area contributed by atoms with Crippen LogP contribution in [0, 0.1) is 5.92 Å². The predicted octanol–water partition coefficient (Wildman–Crippen LogP) is 2.05. The van der Waals surface area contributed by atoms with Crippen LogP contribution in [0.2, 0.25) is 0 Å². The van der Waals surface area contributed by atoms with Crippen LogP contribution in [0.1, 0.15) is 12.8 Å². The van der Waals surface area contributed by atoms with E-state index < -0.39 is 0 Å². The van der Waals surface area contributed by atoms with Crippen molar-refractivity contribution in [1.82, 2.24) is 24.9 Å². The number of hydrogen-bond donors (Lipinski definition) is 2. The summed E-state index contributed by atoms with van der Waals surface area (Å²) in [5.41, 5.74) is 1.74. The second-order valence-electron chi connectivity index (χ2n) is 7.66. The highest BCUT2D eigenvalue weighted by atomic mass is 16.2. The highest BCUT2D eigenvalue weighted by Crippen LogP contribution is 2.19. The predicted molar refractivity (Wildman–Crippen MR) is 103 cm³/mol. The Kier molecular flexibility index (Phi) is 5.08. The summed E-state index contributed by atoms with van der Waals surface area (Å²) in [5.74, 6) is 0.773. The number of fused-ring (bicyclic) bond motifs is 1. The molecule has 7 nitrogen and oxygen atoms in total. The Labute approximate surface area is 154 Å². The monoisotopic (exact) mass is 356 g/mol. The van der Waals surface area contributed by atoms with Crippen molar-refractivity contribution in [3.63, 3.8) is 0 Å². The lowest BCUT2D eigenvalue weighted by Crippen LogP contribution is -2.51. The first kappa shape index (κ1) is 17.3. The van der Waals surface area contributed by atoms with Crippen LogP contribution in [0.4, 0.5) is 10.5 Å². The van der Waals surface area contributed by atoms with Crippen molar-refractivity contribution in [3.05, 3.63) is 24.4 Å². The number of piperazine rings is 1. The zero-order chi connectivity index (χ0) is 17.9. The van der Waals surface area contributed by atoms with E-state index in [4.69, 9.17) is 0 Å². The molecule has 0 saturated carbocycles. The van der Waals surface area contributed by atoms with Crippen LogP contribution in [-0.4, -0.2) is 83.8 Å². The average Bonchev–Trinajstić information content (AvgIpc) is 3.10. The lowest BCUT2D eigenvalue weighted by atomic mass is 9.97. The molecule has 1 aromatic heterocycles. The highest BCUT2D eigenvalue weighted by molar-refractivity contribution is 5.92. The van der Waals surface area contributed by atoms with Crippen molar-refractivity contribution >= 4 is 22.6 Å². The van der Waals surface area contributed by atoms with Crippen molar-refractivity contribution in [1.29, 1.82) is 0 Å². The summed E-state index contributed by atoms with van der Waals surface area (Å²) >= 11 is 0. The van der Waals surface area contributed by atoms with Crippen LogP contribution in [0.25, 0.3) is 10.9 Å². The smallest absolute Gasteiger partial charge is 0.321 e. The molecule has 4 rings (SSSR count). The number of amides is 2. The fraction of sp³-hybridized carbons (Fsp3) is 0.579. The third-order valence-corrected chi connectivity index (χ3v) is 5.59. The van der Waals surface area contributed by atoms with Crippen molar-refractivity contribution in [2.24, 2.45) is 5.92 Å². The third kappa shape index (κ3) is 3.99. The fourth-order valence-electron chi connectivity index (χ4n) is 4.14. The molecule has 1 atom stereocenters. The van der Waals surface area contributed by atoms with Gasteiger partial charge in [-0.05, 0) is 50.6 Å². The van der Waals surface area contributed by atoms with Gasteiger partial charge in [0.15, 0.2) is 0 Å². The van der Waals surface area contributed by atoms with Gasteiger partial charge in [0.2, 0.25) is 0 Å². The van der Waals surface area contributed by atoms with E-state index in [0.717, 1.165) is 55.2 Å². The Morgan fingerprint density at radius 2 is 2.12 bits per heavy atom. The molecule has 0 aliphatic carbocycles. The number of aromatic nitrogens is 2. The summed E-state index contributed by atoms with van der Waals surface area (Å²) < 4.78 is 0. The number of carbonyl (C=O) groups is 1. The minimum absolute atomic E-state index is 0.0130. The summed E-state index contributed by atoms with van der Waals surface area (Å²) in [5, 5.41) is 11.0. The Bertz CT molecular complexity index is 751. The molecule has 0 spiro atoms. The van der Waals surface area contributed by atoms with E-state index in [1.54, 1.807) is 6.20 Å². The summed E-state index contributed by atoms with van der Waals surface area (Å²) in [4.78, 5) is 19.4.